The molecular formula is C17H17O4P. The third-order valence-electron chi connectivity index (χ3n) is 3.81. The number of ether oxygens (including phenoxy) is 1. The summed E-state index contributed by atoms with van der Waals surface area (Å²) in [6.07, 6.45) is 0.130. The van der Waals surface area contributed by atoms with Crippen LogP contribution in [0.1, 0.15) is 6.92 Å². The second kappa shape index (κ2) is 5.62. The van der Waals surface area contributed by atoms with Crippen molar-refractivity contribution >= 4 is 18.6 Å². The predicted molar refractivity (Wildman–Crippen MR) is 85.8 cm³/mol. The van der Waals surface area contributed by atoms with E-state index in [9.17, 15) is 9.36 Å². The van der Waals surface area contributed by atoms with Gasteiger partial charge in [-0.2, -0.15) is 0 Å². The predicted octanol–water partition coefficient (Wildman–Crippen LogP) is 3.46. The molecule has 2 atom stereocenters. The Bertz CT molecular complexity index is 769. The minimum absolute atomic E-state index is 0.130. The average molecular weight is 316 g/mol. The Morgan fingerprint density at radius 1 is 1.14 bits per heavy atom. The maximum absolute atomic E-state index is 13.4. The molecule has 0 amide bonds. The third-order valence-corrected chi connectivity index (χ3v) is 6.46. The number of hydrogen-bond acceptors (Lipinski definition) is 4. The van der Waals surface area contributed by atoms with Crippen molar-refractivity contribution in [1.82, 2.24) is 0 Å². The summed E-state index contributed by atoms with van der Waals surface area (Å²) in [5, 5.41) is 0.671. The lowest BCUT2D eigenvalue weighted by Crippen LogP contribution is -2.25. The highest BCUT2D eigenvalue weighted by molar-refractivity contribution is 7.67. The minimum Gasteiger partial charge on any atom is -0.469 e. The van der Waals surface area contributed by atoms with Crippen molar-refractivity contribution < 1.29 is 18.6 Å². The first-order valence-electron chi connectivity index (χ1n) is 7.10. The molecular weight excluding hydrogens is 299 g/mol. The van der Waals surface area contributed by atoms with E-state index in [1.807, 2.05) is 42.5 Å². The van der Waals surface area contributed by atoms with Gasteiger partial charge in [-0.15, -0.1) is 0 Å². The topological polar surface area (TPSA) is 52.6 Å². The number of esters is 1. The first-order chi connectivity index (χ1) is 10.5. The van der Waals surface area contributed by atoms with E-state index >= 15 is 0 Å². The monoisotopic (exact) mass is 316 g/mol. The summed E-state index contributed by atoms with van der Waals surface area (Å²) >= 11 is 0. The number of benzene rings is 2. The van der Waals surface area contributed by atoms with Gasteiger partial charge in [0.05, 0.1) is 24.5 Å². The van der Waals surface area contributed by atoms with Crippen LogP contribution in [-0.4, -0.2) is 19.2 Å². The molecule has 22 heavy (non-hydrogen) atoms. The molecule has 0 aliphatic carbocycles. The second-order valence-electron chi connectivity index (χ2n) is 5.38. The molecule has 2 aromatic rings. The quantitative estimate of drug-likeness (QED) is 0.643. The molecule has 0 N–H and O–H groups in total. The Kier molecular flexibility index (Phi) is 3.79. The zero-order chi connectivity index (χ0) is 15.7. The van der Waals surface area contributed by atoms with E-state index < -0.39 is 13.3 Å². The molecule has 4 nitrogen and oxygen atoms in total. The molecule has 2 aromatic carbocycles. The van der Waals surface area contributed by atoms with Gasteiger partial charge in [-0.05, 0) is 17.7 Å². The van der Waals surface area contributed by atoms with E-state index in [2.05, 4.69) is 0 Å². The third kappa shape index (κ3) is 2.44. The van der Waals surface area contributed by atoms with Crippen LogP contribution in [0.5, 0.6) is 5.75 Å². The molecule has 1 heterocycles. The lowest BCUT2D eigenvalue weighted by molar-refractivity contribution is -0.144. The standard InChI is InChI=1S/C17H17O4P/c1-12(17(18)20-2)11-22(19)16-10-6-4-8-14(16)13-7-3-5-9-15(13)21-22/h3-10,12H,11H2,1-2H3. The highest BCUT2D eigenvalue weighted by Crippen LogP contribution is 2.55. The van der Waals surface area contributed by atoms with Crippen LogP contribution in [0.25, 0.3) is 11.1 Å². The van der Waals surface area contributed by atoms with E-state index in [-0.39, 0.29) is 12.1 Å². The molecule has 0 radical (unpaired) electrons. The largest absolute Gasteiger partial charge is 0.469 e. The summed E-state index contributed by atoms with van der Waals surface area (Å²) < 4.78 is 24.0. The summed E-state index contributed by atoms with van der Waals surface area (Å²) in [5.41, 5.74) is 1.83. The molecule has 0 bridgehead atoms. The van der Waals surface area contributed by atoms with Gasteiger partial charge in [0.25, 0.3) is 7.37 Å². The summed E-state index contributed by atoms with van der Waals surface area (Å²) in [4.78, 5) is 11.7. The number of hydrogen-bond donors (Lipinski definition) is 0. The number of carbonyl (C=O) groups excluding carboxylic acids is 1. The maximum atomic E-state index is 13.4. The number of para-hydroxylation sites is 1. The summed E-state index contributed by atoms with van der Waals surface area (Å²) in [5.74, 6) is -0.272. The average Bonchev–Trinajstić information content (AvgIpc) is 2.54. The Balaban J connectivity index is 2.08. The van der Waals surface area contributed by atoms with Gasteiger partial charge in [-0.1, -0.05) is 43.3 Å². The van der Waals surface area contributed by atoms with Gasteiger partial charge in [0.2, 0.25) is 0 Å². The number of rotatable bonds is 3. The highest BCUT2D eigenvalue weighted by Gasteiger charge is 2.38. The summed E-state index contributed by atoms with van der Waals surface area (Å²) in [6, 6.07) is 15.0. The van der Waals surface area contributed by atoms with Gasteiger partial charge in [0.15, 0.2) is 0 Å². The Hall–Kier alpha value is -2.06. The van der Waals surface area contributed by atoms with Crippen molar-refractivity contribution in [3.05, 3.63) is 48.5 Å². The molecule has 0 saturated heterocycles. The SMILES string of the molecule is COC(=O)C(C)CP1(=O)Oc2ccccc2-c2ccccc21. The van der Waals surface area contributed by atoms with Crippen LogP contribution in [0, 0.1) is 5.92 Å². The zero-order valence-electron chi connectivity index (χ0n) is 12.5. The van der Waals surface area contributed by atoms with Crippen LogP contribution in [0.4, 0.5) is 0 Å². The van der Waals surface area contributed by atoms with Gasteiger partial charge < -0.3 is 9.26 Å². The summed E-state index contributed by atoms with van der Waals surface area (Å²) in [6.45, 7) is 1.71. The molecule has 5 heteroatoms. The molecule has 114 valence electrons. The van der Waals surface area contributed by atoms with E-state index in [1.165, 1.54) is 7.11 Å². The van der Waals surface area contributed by atoms with Crippen molar-refractivity contribution in [2.75, 3.05) is 13.3 Å². The van der Waals surface area contributed by atoms with Crippen molar-refractivity contribution in [2.24, 2.45) is 5.92 Å². The number of carbonyl (C=O) groups is 1. The zero-order valence-corrected chi connectivity index (χ0v) is 13.4. The van der Waals surface area contributed by atoms with Crippen LogP contribution in [0.3, 0.4) is 0 Å². The Morgan fingerprint density at radius 2 is 1.77 bits per heavy atom. The molecule has 2 unspecified atom stereocenters. The fourth-order valence-corrected chi connectivity index (χ4v) is 5.34. The Morgan fingerprint density at radius 3 is 2.50 bits per heavy atom. The fraction of sp³-hybridized carbons (Fsp3) is 0.235. The molecule has 1 aliphatic heterocycles. The van der Waals surface area contributed by atoms with Crippen LogP contribution in [0.2, 0.25) is 0 Å². The van der Waals surface area contributed by atoms with E-state index in [1.54, 1.807) is 13.0 Å². The van der Waals surface area contributed by atoms with Gasteiger partial charge in [-0.25, -0.2) is 0 Å². The van der Waals surface area contributed by atoms with Gasteiger partial charge in [-0.3, -0.25) is 9.36 Å². The van der Waals surface area contributed by atoms with Crippen LogP contribution in [0.15, 0.2) is 48.5 Å². The van der Waals surface area contributed by atoms with Gasteiger partial charge in [0, 0.05) is 5.56 Å². The minimum atomic E-state index is -3.16. The molecule has 0 saturated carbocycles. The van der Waals surface area contributed by atoms with Gasteiger partial charge >= 0.3 is 5.97 Å². The molecule has 0 aromatic heterocycles. The maximum Gasteiger partial charge on any atom is 0.308 e. The number of fused-ring (bicyclic) bond motifs is 3. The second-order valence-corrected chi connectivity index (χ2v) is 7.76. The van der Waals surface area contributed by atoms with E-state index in [4.69, 9.17) is 9.26 Å². The first-order valence-corrected chi connectivity index (χ1v) is 8.91. The normalized spacial score (nSPS) is 20.3. The van der Waals surface area contributed by atoms with Crippen molar-refractivity contribution in [2.45, 2.75) is 6.92 Å². The van der Waals surface area contributed by atoms with Crippen molar-refractivity contribution in [3.8, 4) is 16.9 Å². The molecule has 0 fully saturated rings. The lowest BCUT2D eigenvalue weighted by Gasteiger charge is -2.29. The summed E-state index contributed by atoms with van der Waals surface area (Å²) in [7, 11) is -1.83. The van der Waals surface area contributed by atoms with E-state index in [0.717, 1.165) is 11.1 Å². The van der Waals surface area contributed by atoms with Crippen molar-refractivity contribution in [1.29, 1.82) is 0 Å². The lowest BCUT2D eigenvalue weighted by atomic mass is 10.0. The smallest absolute Gasteiger partial charge is 0.308 e. The molecule has 3 rings (SSSR count). The van der Waals surface area contributed by atoms with Crippen LogP contribution < -0.4 is 9.83 Å². The van der Waals surface area contributed by atoms with Gasteiger partial charge in [0.1, 0.15) is 5.75 Å². The molecule has 0 spiro atoms. The first kappa shape index (κ1) is 14.9. The fourth-order valence-electron chi connectivity index (χ4n) is 2.75. The number of methoxy groups -OCH3 is 1. The van der Waals surface area contributed by atoms with Crippen molar-refractivity contribution in [3.63, 3.8) is 0 Å². The van der Waals surface area contributed by atoms with Crippen LogP contribution in [-0.2, 0) is 14.1 Å². The van der Waals surface area contributed by atoms with E-state index in [0.29, 0.717) is 11.1 Å². The Labute approximate surface area is 129 Å². The molecule has 1 aliphatic rings. The van der Waals surface area contributed by atoms with Crippen LogP contribution >= 0.6 is 7.37 Å². The highest BCUT2D eigenvalue weighted by atomic mass is 31.2.